The quantitative estimate of drug-likeness (QED) is 0.596. The van der Waals surface area contributed by atoms with Crippen LogP contribution in [0, 0.1) is 0 Å². The Morgan fingerprint density at radius 3 is 3.20 bits per heavy atom. The Bertz CT molecular complexity index is 287. The number of methoxy groups -OCH3 is 1. The van der Waals surface area contributed by atoms with E-state index < -0.39 is 6.10 Å². The number of carbonyl (C=O) groups is 1. The Hall–Kier alpha value is -1.40. The lowest BCUT2D eigenvalue weighted by Crippen LogP contribution is -2.28. The number of ether oxygens (including phenoxy) is 1. The van der Waals surface area contributed by atoms with E-state index >= 15 is 0 Å². The van der Waals surface area contributed by atoms with Gasteiger partial charge in [-0.15, -0.1) is 0 Å². The highest BCUT2D eigenvalue weighted by atomic mass is 16.5. The van der Waals surface area contributed by atoms with Crippen LogP contribution in [0.2, 0.25) is 0 Å². The molecule has 1 aromatic heterocycles. The summed E-state index contributed by atoms with van der Waals surface area (Å²) in [5, 5.41) is 11.9. The van der Waals surface area contributed by atoms with Crippen LogP contribution < -0.4 is 5.32 Å². The molecule has 1 unspecified atom stereocenters. The highest BCUT2D eigenvalue weighted by molar-refractivity contribution is 5.91. The summed E-state index contributed by atoms with van der Waals surface area (Å²) in [5.41, 5.74) is 0.413. The lowest BCUT2D eigenvalue weighted by molar-refractivity contribution is 0.0587. The van der Waals surface area contributed by atoms with Crippen LogP contribution in [0.15, 0.2) is 12.5 Å². The maximum absolute atomic E-state index is 11.3. The van der Waals surface area contributed by atoms with E-state index in [1.807, 2.05) is 0 Å². The molecular formula is C9H15N3O3. The van der Waals surface area contributed by atoms with E-state index in [1.165, 1.54) is 19.6 Å². The number of amides is 1. The molecule has 0 bridgehead atoms. The SMILES string of the molecule is COCC(O)CCNC(=O)c1cnc[nH]1. The molecule has 0 saturated carbocycles. The molecule has 0 radical (unpaired) electrons. The van der Waals surface area contributed by atoms with Gasteiger partial charge in [-0.3, -0.25) is 4.79 Å². The molecule has 0 saturated heterocycles. The minimum absolute atomic E-state index is 0.225. The van der Waals surface area contributed by atoms with Gasteiger partial charge in [-0.25, -0.2) is 4.98 Å². The molecule has 1 atom stereocenters. The first-order valence-electron chi connectivity index (χ1n) is 4.67. The Kier molecular flexibility index (Phi) is 4.79. The number of carbonyl (C=O) groups excluding carboxylic acids is 1. The Morgan fingerprint density at radius 2 is 2.60 bits per heavy atom. The highest BCUT2D eigenvalue weighted by Gasteiger charge is 2.07. The van der Waals surface area contributed by atoms with Crippen molar-refractivity contribution < 1.29 is 14.6 Å². The van der Waals surface area contributed by atoms with Crippen LogP contribution in [0.25, 0.3) is 0 Å². The highest BCUT2D eigenvalue weighted by Crippen LogP contribution is 1.93. The van der Waals surface area contributed by atoms with E-state index in [-0.39, 0.29) is 12.5 Å². The lowest BCUT2D eigenvalue weighted by Gasteiger charge is -2.09. The van der Waals surface area contributed by atoms with Crippen molar-refractivity contribution >= 4 is 5.91 Å². The smallest absolute Gasteiger partial charge is 0.269 e. The number of nitrogens with zero attached hydrogens (tertiary/aromatic N) is 1. The van der Waals surface area contributed by atoms with Gasteiger partial charge in [0, 0.05) is 13.7 Å². The first-order chi connectivity index (χ1) is 7.24. The number of hydrogen-bond acceptors (Lipinski definition) is 4. The van der Waals surface area contributed by atoms with Gasteiger partial charge in [-0.05, 0) is 6.42 Å². The topological polar surface area (TPSA) is 87.2 Å². The summed E-state index contributed by atoms with van der Waals surface area (Å²) >= 11 is 0. The predicted molar refractivity (Wildman–Crippen MR) is 53.4 cm³/mol. The van der Waals surface area contributed by atoms with Gasteiger partial charge in [0.2, 0.25) is 0 Å². The number of aromatic amines is 1. The van der Waals surface area contributed by atoms with Crippen LogP contribution in [-0.4, -0.2) is 47.3 Å². The van der Waals surface area contributed by atoms with Crippen molar-refractivity contribution in [1.29, 1.82) is 0 Å². The van der Waals surface area contributed by atoms with Crippen molar-refractivity contribution in [1.82, 2.24) is 15.3 Å². The number of nitrogens with one attached hydrogen (secondary N) is 2. The van der Waals surface area contributed by atoms with Crippen LogP contribution in [0.1, 0.15) is 16.9 Å². The first-order valence-corrected chi connectivity index (χ1v) is 4.67. The molecule has 6 heteroatoms. The third-order valence-electron chi connectivity index (χ3n) is 1.87. The largest absolute Gasteiger partial charge is 0.391 e. The summed E-state index contributed by atoms with van der Waals surface area (Å²) < 4.78 is 4.75. The zero-order chi connectivity index (χ0) is 11.1. The summed E-state index contributed by atoms with van der Waals surface area (Å²) in [6.07, 6.45) is 2.81. The van der Waals surface area contributed by atoms with E-state index in [1.54, 1.807) is 0 Å². The van der Waals surface area contributed by atoms with Crippen LogP contribution in [0.4, 0.5) is 0 Å². The number of aromatic nitrogens is 2. The Labute approximate surface area is 87.7 Å². The monoisotopic (exact) mass is 213 g/mol. The molecule has 0 fully saturated rings. The van der Waals surface area contributed by atoms with E-state index in [0.717, 1.165) is 0 Å². The second-order valence-corrected chi connectivity index (χ2v) is 3.12. The average molecular weight is 213 g/mol. The van der Waals surface area contributed by atoms with Crippen LogP contribution in [-0.2, 0) is 4.74 Å². The van der Waals surface area contributed by atoms with Crippen molar-refractivity contribution in [3.05, 3.63) is 18.2 Å². The van der Waals surface area contributed by atoms with Gasteiger partial charge in [0.15, 0.2) is 0 Å². The van der Waals surface area contributed by atoms with Crippen LogP contribution >= 0.6 is 0 Å². The predicted octanol–water partition coefficient (Wildman–Crippen LogP) is -0.463. The van der Waals surface area contributed by atoms with E-state index in [9.17, 15) is 9.90 Å². The molecule has 1 aromatic rings. The zero-order valence-corrected chi connectivity index (χ0v) is 8.56. The van der Waals surface area contributed by atoms with Gasteiger partial charge in [0.25, 0.3) is 5.91 Å². The summed E-state index contributed by atoms with van der Waals surface area (Å²) in [6, 6.07) is 0. The number of H-pyrrole nitrogens is 1. The molecule has 1 amide bonds. The maximum atomic E-state index is 11.3. The molecular weight excluding hydrogens is 198 g/mol. The molecule has 6 nitrogen and oxygen atoms in total. The second kappa shape index (κ2) is 6.15. The number of aliphatic hydroxyl groups excluding tert-OH is 1. The molecule has 0 aromatic carbocycles. The van der Waals surface area contributed by atoms with Gasteiger partial charge in [0.05, 0.1) is 25.2 Å². The standard InChI is InChI=1S/C9H15N3O3/c1-15-5-7(13)2-3-11-9(14)8-4-10-6-12-8/h4,6-7,13H,2-3,5H2,1H3,(H,10,12)(H,11,14). The van der Waals surface area contributed by atoms with Gasteiger partial charge < -0.3 is 20.1 Å². The molecule has 1 heterocycles. The summed E-state index contributed by atoms with van der Waals surface area (Å²) in [4.78, 5) is 17.8. The van der Waals surface area contributed by atoms with Crippen molar-refractivity contribution in [3.63, 3.8) is 0 Å². The van der Waals surface area contributed by atoms with E-state index in [4.69, 9.17) is 4.74 Å². The van der Waals surface area contributed by atoms with Gasteiger partial charge >= 0.3 is 0 Å². The molecule has 1 rings (SSSR count). The average Bonchev–Trinajstić information content (AvgIpc) is 2.70. The normalized spacial score (nSPS) is 12.4. The Morgan fingerprint density at radius 1 is 1.80 bits per heavy atom. The number of hydrogen-bond donors (Lipinski definition) is 3. The number of rotatable bonds is 6. The minimum atomic E-state index is -0.544. The molecule has 15 heavy (non-hydrogen) atoms. The second-order valence-electron chi connectivity index (χ2n) is 3.12. The molecule has 0 spiro atoms. The van der Waals surface area contributed by atoms with Crippen molar-refractivity contribution in [2.45, 2.75) is 12.5 Å². The molecule has 3 N–H and O–H groups in total. The lowest BCUT2D eigenvalue weighted by atomic mass is 10.2. The molecule has 0 aliphatic rings. The fraction of sp³-hybridized carbons (Fsp3) is 0.556. The van der Waals surface area contributed by atoms with E-state index in [0.29, 0.717) is 18.7 Å². The van der Waals surface area contributed by atoms with Crippen molar-refractivity contribution in [2.75, 3.05) is 20.3 Å². The number of aliphatic hydroxyl groups is 1. The van der Waals surface area contributed by atoms with Crippen molar-refractivity contribution in [3.8, 4) is 0 Å². The number of imidazole rings is 1. The van der Waals surface area contributed by atoms with Crippen LogP contribution in [0.5, 0.6) is 0 Å². The maximum Gasteiger partial charge on any atom is 0.269 e. The molecule has 0 aliphatic heterocycles. The van der Waals surface area contributed by atoms with Crippen molar-refractivity contribution in [2.24, 2.45) is 0 Å². The van der Waals surface area contributed by atoms with Gasteiger partial charge in [-0.1, -0.05) is 0 Å². The van der Waals surface area contributed by atoms with Crippen LogP contribution in [0.3, 0.4) is 0 Å². The van der Waals surface area contributed by atoms with Gasteiger partial charge in [-0.2, -0.15) is 0 Å². The fourth-order valence-electron chi connectivity index (χ4n) is 1.10. The fourth-order valence-corrected chi connectivity index (χ4v) is 1.10. The minimum Gasteiger partial charge on any atom is -0.391 e. The van der Waals surface area contributed by atoms with Gasteiger partial charge in [0.1, 0.15) is 5.69 Å². The zero-order valence-electron chi connectivity index (χ0n) is 8.56. The third kappa shape index (κ3) is 4.09. The summed E-state index contributed by atoms with van der Waals surface area (Å²) in [6.45, 7) is 0.683. The molecule has 84 valence electrons. The molecule has 0 aliphatic carbocycles. The summed E-state index contributed by atoms with van der Waals surface area (Å²) in [7, 11) is 1.52. The van der Waals surface area contributed by atoms with E-state index in [2.05, 4.69) is 15.3 Å². The first kappa shape index (κ1) is 11.7. The summed E-state index contributed by atoms with van der Waals surface area (Å²) in [5.74, 6) is -0.225. The Balaban J connectivity index is 2.18. The third-order valence-corrected chi connectivity index (χ3v) is 1.87.